The van der Waals surface area contributed by atoms with Crippen molar-refractivity contribution in [2.24, 2.45) is 4.99 Å². The van der Waals surface area contributed by atoms with E-state index in [4.69, 9.17) is 0 Å². The summed E-state index contributed by atoms with van der Waals surface area (Å²) in [6.45, 7) is 8.88. The van der Waals surface area contributed by atoms with Crippen molar-refractivity contribution in [2.45, 2.75) is 51.6 Å². The molecule has 0 atom stereocenters. The van der Waals surface area contributed by atoms with Gasteiger partial charge < -0.3 is 20.4 Å². The highest BCUT2D eigenvalue weighted by Crippen LogP contribution is 2.24. The van der Waals surface area contributed by atoms with Crippen LogP contribution in [0.2, 0.25) is 0 Å². The molecule has 2 rings (SSSR count). The van der Waals surface area contributed by atoms with Gasteiger partial charge in [-0.05, 0) is 70.6 Å². The first kappa shape index (κ1) is 20.0. The van der Waals surface area contributed by atoms with Crippen molar-refractivity contribution < 1.29 is 0 Å². The Kier molecular flexibility index (Phi) is 8.55. The molecular weight excluding hydrogens is 330 g/mol. The van der Waals surface area contributed by atoms with E-state index in [9.17, 15) is 0 Å². The van der Waals surface area contributed by atoms with Gasteiger partial charge in [0.25, 0.3) is 0 Å². The van der Waals surface area contributed by atoms with Gasteiger partial charge in [-0.2, -0.15) is 0 Å². The molecule has 1 saturated heterocycles. The third-order valence-electron chi connectivity index (χ3n) is 4.99. The molecule has 1 aromatic rings. The summed E-state index contributed by atoms with van der Waals surface area (Å²) in [6.07, 6.45) is 4.72. The van der Waals surface area contributed by atoms with E-state index in [-0.39, 0.29) is 0 Å². The van der Waals surface area contributed by atoms with E-state index < -0.39 is 0 Å². The number of nitrogens with zero attached hydrogens (tertiary/aromatic N) is 3. The second-order valence-corrected chi connectivity index (χ2v) is 8.06. The average molecular weight is 366 g/mol. The number of nitrogens with one attached hydrogen (secondary N) is 2. The predicted octanol–water partition coefficient (Wildman–Crippen LogP) is 3.00. The van der Waals surface area contributed by atoms with E-state index in [1.165, 1.54) is 17.8 Å². The molecule has 0 aromatic carbocycles. The van der Waals surface area contributed by atoms with Gasteiger partial charge in [-0.1, -0.05) is 0 Å². The SMILES string of the molecule is CN=C(NCCCCN(C)C(C)C)NC1CCN(c2cccs2)CC1. The minimum absolute atomic E-state index is 0.523. The fourth-order valence-electron chi connectivity index (χ4n) is 3.03. The zero-order chi connectivity index (χ0) is 18.1. The van der Waals surface area contributed by atoms with Crippen molar-refractivity contribution in [1.82, 2.24) is 15.5 Å². The lowest BCUT2D eigenvalue weighted by Crippen LogP contribution is -2.48. The molecule has 0 spiro atoms. The lowest BCUT2D eigenvalue weighted by molar-refractivity contribution is 0.268. The van der Waals surface area contributed by atoms with Crippen molar-refractivity contribution in [3.63, 3.8) is 0 Å². The second-order valence-electron chi connectivity index (χ2n) is 7.14. The Morgan fingerprint density at radius 1 is 1.36 bits per heavy atom. The normalized spacial score (nSPS) is 16.7. The summed E-state index contributed by atoms with van der Waals surface area (Å²) in [6, 6.07) is 5.50. The van der Waals surface area contributed by atoms with Gasteiger partial charge >= 0.3 is 0 Å². The molecular formula is C19H35N5S. The van der Waals surface area contributed by atoms with Gasteiger partial charge in [-0.15, -0.1) is 11.3 Å². The third kappa shape index (κ3) is 6.86. The van der Waals surface area contributed by atoms with Gasteiger partial charge in [0.1, 0.15) is 0 Å². The van der Waals surface area contributed by atoms with Crippen molar-refractivity contribution in [1.29, 1.82) is 0 Å². The quantitative estimate of drug-likeness (QED) is 0.422. The molecule has 1 fully saturated rings. The van der Waals surface area contributed by atoms with Crippen molar-refractivity contribution >= 4 is 22.3 Å². The highest BCUT2D eigenvalue weighted by atomic mass is 32.1. The Morgan fingerprint density at radius 3 is 2.72 bits per heavy atom. The molecule has 0 bridgehead atoms. The molecule has 1 aromatic heterocycles. The summed E-state index contributed by atoms with van der Waals surface area (Å²) in [4.78, 5) is 9.27. The zero-order valence-electron chi connectivity index (χ0n) is 16.3. The van der Waals surface area contributed by atoms with Crippen LogP contribution in [0.15, 0.2) is 22.5 Å². The Labute approximate surface area is 157 Å². The number of guanidine groups is 1. The number of aliphatic imine (C=N–C) groups is 1. The van der Waals surface area contributed by atoms with Crippen molar-refractivity contribution in [3.05, 3.63) is 17.5 Å². The Hall–Kier alpha value is -1.27. The number of hydrogen-bond acceptors (Lipinski definition) is 4. The van der Waals surface area contributed by atoms with Crippen LogP contribution in [0.25, 0.3) is 0 Å². The van der Waals surface area contributed by atoms with Gasteiger partial charge in [0.05, 0.1) is 5.00 Å². The van der Waals surface area contributed by atoms with E-state index in [1.54, 1.807) is 0 Å². The third-order valence-corrected chi connectivity index (χ3v) is 5.92. The van der Waals surface area contributed by atoms with E-state index >= 15 is 0 Å². The zero-order valence-corrected chi connectivity index (χ0v) is 17.1. The first-order valence-corrected chi connectivity index (χ1v) is 10.4. The maximum atomic E-state index is 4.38. The fourth-order valence-corrected chi connectivity index (χ4v) is 3.82. The molecule has 0 amide bonds. The summed E-state index contributed by atoms with van der Waals surface area (Å²) in [5, 5.41) is 10.6. The monoisotopic (exact) mass is 365 g/mol. The number of unbranched alkanes of at least 4 members (excludes halogenated alkanes) is 1. The van der Waals surface area contributed by atoms with Crippen molar-refractivity contribution in [3.8, 4) is 0 Å². The Balaban J connectivity index is 1.61. The minimum atomic E-state index is 0.523. The second kappa shape index (κ2) is 10.7. The molecule has 1 aliphatic rings. The van der Waals surface area contributed by atoms with Gasteiger partial charge in [0.2, 0.25) is 0 Å². The van der Waals surface area contributed by atoms with E-state index in [2.05, 4.69) is 63.8 Å². The van der Waals surface area contributed by atoms with Crippen LogP contribution in [0.1, 0.15) is 39.5 Å². The van der Waals surface area contributed by atoms with Crippen LogP contribution in [-0.2, 0) is 0 Å². The van der Waals surface area contributed by atoms with Crippen LogP contribution in [0, 0.1) is 0 Å². The minimum Gasteiger partial charge on any atom is -0.363 e. The number of thiophene rings is 1. The number of anilines is 1. The molecule has 6 heteroatoms. The predicted molar refractivity (Wildman–Crippen MR) is 111 cm³/mol. The van der Waals surface area contributed by atoms with E-state index in [0.717, 1.165) is 45.0 Å². The van der Waals surface area contributed by atoms with Gasteiger partial charge in [0, 0.05) is 38.8 Å². The molecule has 1 aliphatic heterocycles. The van der Waals surface area contributed by atoms with Crippen LogP contribution in [0.3, 0.4) is 0 Å². The first-order valence-electron chi connectivity index (χ1n) is 9.56. The molecule has 5 nitrogen and oxygen atoms in total. The smallest absolute Gasteiger partial charge is 0.191 e. The molecule has 2 N–H and O–H groups in total. The number of piperidine rings is 1. The van der Waals surface area contributed by atoms with Crippen LogP contribution < -0.4 is 15.5 Å². The summed E-state index contributed by atoms with van der Waals surface area (Å²) in [5.41, 5.74) is 0. The molecule has 25 heavy (non-hydrogen) atoms. The first-order chi connectivity index (χ1) is 12.1. The van der Waals surface area contributed by atoms with Crippen LogP contribution in [0.5, 0.6) is 0 Å². The molecule has 142 valence electrons. The lowest BCUT2D eigenvalue weighted by Gasteiger charge is -2.33. The van der Waals surface area contributed by atoms with E-state index in [0.29, 0.717) is 12.1 Å². The van der Waals surface area contributed by atoms with Gasteiger partial charge in [-0.25, -0.2) is 0 Å². The number of rotatable bonds is 8. The highest BCUT2D eigenvalue weighted by molar-refractivity contribution is 7.14. The molecule has 0 radical (unpaired) electrons. The van der Waals surface area contributed by atoms with Crippen LogP contribution >= 0.6 is 11.3 Å². The molecule has 0 saturated carbocycles. The largest absolute Gasteiger partial charge is 0.363 e. The van der Waals surface area contributed by atoms with Crippen molar-refractivity contribution in [2.75, 3.05) is 45.2 Å². The molecule has 0 unspecified atom stereocenters. The summed E-state index contributed by atoms with van der Waals surface area (Å²) in [5.74, 6) is 0.951. The number of hydrogen-bond donors (Lipinski definition) is 2. The average Bonchev–Trinajstić information content (AvgIpc) is 3.15. The van der Waals surface area contributed by atoms with Crippen LogP contribution in [0.4, 0.5) is 5.00 Å². The molecule has 0 aliphatic carbocycles. The Bertz CT molecular complexity index is 492. The highest BCUT2D eigenvalue weighted by Gasteiger charge is 2.20. The summed E-state index contributed by atoms with van der Waals surface area (Å²) in [7, 11) is 4.06. The van der Waals surface area contributed by atoms with Crippen LogP contribution in [-0.4, -0.2) is 63.2 Å². The lowest BCUT2D eigenvalue weighted by atomic mass is 10.1. The standard InChI is InChI=1S/C19H35N5S/c1-16(2)23(4)12-6-5-11-21-19(20-3)22-17-9-13-24(14-10-17)18-8-7-15-25-18/h7-8,15-17H,5-6,9-14H2,1-4H3,(H2,20,21,22). The summed E-state index contributed by atoms with van der Waals surface area (Å²) < 4.78 is 0. The Morgan fingerprint density at radius 2 is 2.12 bits per heavy atom. The van der Waals surface area contributed by atoms with E-state index in [1.807, 2.05) is 18.4 Å². The van der Waals surface area contributed by atoms with Gasteiger partial charge in [-0.3, -0.25) is 4.99 Å². The topological polar surface area (TPSA) is 42.9 Å². The summed E-state index contributed by atoms with van der Waals surface area (Å²) >= 11 is 1.83. The maximum absolute atomic E-state index is 4.38. The van der Waals surface area contributed by atoms with Gasteiger partial charge in [0.15, 0.2) is 5.96 Å². The fraction of sp³-hybridized carbons (Fsp3) is 0.737. The molecule has 2 heterocycles. The maximum Gasteiger partial charge on any atom is 0.191 e.